The van der Waals surface area contributed by atoms with E-state index in [1.807, 2.05) is 29.0 Å². The molecule has 2 amide bonds. The van der Waals surface area contributed by atoms with Crippen molar-refractivity contribution in [1.29, 1.82) is 0 Å². The molecule has 0 unspecified atom stereocenters. The van der Waals surface area contributed by atoms with Crippen LogP contribution in [-0.2, 0) is 6.54 Å². The molecule has 0 aliphatic rings. The van der Waals surface area contributed by atoms with Crippen LogP contribution in [0.5, 0.6) is 0 Å². The number of aliphatic hydroxyl groups excluding tert-OH is 1. The van der Waals surface area contributed by atoms with Gasteiger partial charge in [0.15, 0.2) is 0 Å². The molecular weight excluding hydrogens is 364 g/mol. The van der Waals surface area contributed by atoms with Crippen LogP contribution in [0.1, 0.15) is 19.4 Å². The highest BCUT2D eigenvalue weighted by Gasteiger charge is 2.16. The lowest BCUT2D eigenvalue weighted by atomic mass is 10.3. The summed E-state index contributed by atoms with van der Waals surface area (Å²) in [5, 5.41) is 17.1. The quantitative estimate of drug-likeness (QED) is 0.665. The molecule has 2 aromatic rings. The smallest absolute Gasteiger partial charge is 0.322 e. The highest BCUT2D eigenvalue weighted by molar-refractivity contribution is 8.00. The third-order valence-corrected chi connectivity index (χ3v) is 5.21. The Kier molecular flexibility index (Phi) is 7.42. The summed E-state index contributed by atoms with van der Waals surface area (Å²) < 4.78 is 0. The van der Waals surface area contributed by atoms with E-state index < -0.39 is 0 Å². The van der Waals surface area contributed by atoms with Crippen LogP contribution in [0.2, 0.25) is 5.02 Å². The van der Waals surface area contributed by atoms with E-state index in [0.29, 0.717) is 22.5 Å². The molecule has 0 aliphatic carbocycles. The standard InChI is InChI=1S/C17H21ClN2O2S2/c1-12(2)24-16-4-3-14(18)9-15(16)19-17(22)20(6-7-21)10-13-5-8-23-11-13/h3-5,8-9,11-12,21H,6-7,10H2,1-2H3,(H,19,22). The van der Waals surface area contributed by atoms with E-state index in [4.69, 9.17) is 11.6 Å². The Morgan fingerprint density at radius 2 is 2.21 bits per heavy atom. The largest absolute Gasteiger partial charge is 0.395 e. The van der Waals surface area contributed by atoms with Crippen molar-refractivity contribution in [3.8, 4) is 0 Å². The Bertz CT molecular complexity index is 663. The number of carbonyl (C=O) groups excluding carboxylic acids is 1. The number of thioether (sulfide) groups is 1. The molecule has 4 nitrogen and oxygen atoms in total. The summed E-state index contributed by atoms with van der Waals surface area (Å²) in [5.74, 6) is 0. The van der Waals surface area contributed by atoms with Crippen LogP contribution in [-0.4, -0.2) is 34.4 Å². The zero-order valence-electron chi connectivity index (χ0n) is 13.7. The summed E-state index contributed by atoms with van der Waals surface area (Å²) in [7, 11) is 0. The van der Waals surface area contributed by atoms with E-state index in [-0.39, 0.29) is 19.2 Å². The molecule has 0 saturated heterocycles. The van der Waals surface area contributed by atoms with Crippen molar-refractivity contribution in [3.63, 3.8) is 0 Å². The van der Waals surface area contributed by atoms with Gasteiger partial charge in [0.05, 0.1) is 12.3 Å². The molecule has 2 rings (SSSR count). The molecule has 130 valence electrons. The van der Waals surface area contributed by atoms with Gasteiger partial charge in [-0.2, -0.15) is 11.3 Å². The third-order valence-electron chi connectivity index (χ3n) is 3.16. The van der Waals surface area contributed by atoms with E-state index in [1.54, 1.807) is 34.1 Å². The Labute approximate surface area is 155 Å². The molecular formula is C17H21ClN2O2S2. The summed E-state index contributed by atoms with van der Waals surface area (Å²) >= 11 is 9.33. The number of benzene rings is 1. The molecule has 0 bridgehead atoms. The minimum Gasteiger partial charge on any atom is -0.395 e. The maximum absolute atomic E-state index is 12.6. The Morgan fingerprint density at radius 1 is 1.42 bits per heavy atom. The van der Waals surface area contributed by atoms with Crippen LogP contribution in [0.15, 0.2) is 39.9 Å². The Hall–Kier alpha value is -1.21. The molecule has 1 aromatic heterocycles. The monoisotopic (exact) mass is 384 g/mol. The Balaban J connectivity index is 2.14. The van der Waals surface area contributed by atoms with Crippen LogP contribution in [0.4, 0.5) is 10.5 Å². The van der Waals surface area contributed by atoms with Crippen molar-refractivity contribution < 1.29 is 9.90 Å². The number of hydrogen-bond donors (Lipinski definition) is 2. The molecule has 1 heterocycles. The molecule has 0 spiro atoms. The molecule has 24 heavy (non-hydrogen) atoms. The predicted molar refractivity (Wildman–Crippen MR) is 103 cm³/mol. The number of urea groups is 1. The minimum absolute atomic E-state index is 0.0826. The number of rotatable bonds is 7. The van der Waals surface area contributed by atoms with E-state index in [9.17, 15) is 9.90 Å². The zero-order valence-corrected chi connectivity index (χ0v) is 16.0. The number of carbonyl (C=O) groups is 1. The molecule has 0 atom stereocenters. The highest BCUT2D eigenvalue weighted by atomic mass is 35.5. The number of aliphatic hydroxyl groups is 1. The van der Waals surface area contributed by atoms with Crippen molar-refractivity contribution in [2.45, 2.75) is 30.5 Å². The molecule has 0 aliphatic heterocycles. The van der Waals surface area contributed by atoms with E-state index >= 15 is 0 Å². The second kappa shape index (κ2) is 9.32. The lowest BCUT2D eigenvalue weighted by Crippen LogP contribution is -2.36. The van der Waals surface area contributed by atoms with Gasteiger partial charge < -0.3 is 15.3 Å². The SMILES string of the molecule is CC(C)Sc1ccc(Cl)cc1NC(=O)N(CCO)Cc1ccsc1. The maximum atomic E-state index is 12.6. The first-order chi connectivity index (χ1) is 11.5. The number of nitrogens with one attached hydrogen (secondary N) is 1. The first-order valence-electron chi connectivity index (χ1n) is 7.63. The van der Waals surface area contributed by atoms with E-state index in [1.165, 1.54) is 0 Å². The summed E-state index contributed by atoms with van der Waals surface area (Å²) in [4.78, 5) is 15.2. The summed E-state index contributed by atoms with van der Waals surface area (Å²) in [6, 6.07) is 7.22. The third kappa shape index (κ3) is 5.70. The van der Waals surface area contributed by atoms with Gasteiger partial charge in [-0.15, -0.1) is 11.8 Å². The first-order valence-corrected chi connectivity index (χ1v) is 9.83. The van der Waals surface area contributed by atoms with Crippen molar-refractivity contribution in [1.82, 2.24) is 4.90 Å². The van der Waals surface area contributed by atoms with Gasteiger partial charge in [-0.05, 0) is 40.6 Å². The van der Waals surface area contributed by atoms with Crippen LogP contribution in [0.25, 0.3) is 0 Å². The number of hydrogen-bond acceptors (Lipinski definition) is 4. The fraction of sp³-hybridized carbons (Fsp3) is 0.353. The second-order valence-corrected chi connectivity index (χ2v) is 8.35. The number of anilines is 1. The van der Waals surface area contributed by atoms with Gasteiger partial charge >= 0.3 is 6.03 Å². The fourth-order valence-electron chi connectivity index (χ4n) is 2.13. The van der Waals surface area contributed by atoms with Crippen molar-refractivity contribution in [2.24, 2.45) is 0 Å². The van der Waals surface area contributed by atoms with Crippen LogP contribution in [0.3, 0.4) is 0 Å². The molecule has 1 aromatic carbocycles. The van der Waals surface area contributed by atoms with Crippen molar-refractivity contribution in [3.05, 3.63) is 45.6 Å². The van der Waals surface area contributed by atoms with Gasteiger partial charge in [-0.25, -0.2) is 4.79 Å². The molecule has 2 N–H and O–H groups in total. The maximum Gasteiger partial charge on any atom is 0.322 e. The summed E-state index contributed by atoms with van der Waals surface area (Å²) in [6.45, 7) is 4.84. The lowest BCUT2D eigenvalue weighted by molar-refractivity contribution is 0.185. The Morgan fingerprint density at radius 3 is 2.83 bits per heavy atom. The second-order valence-electron chi connectivity index (χ2n) is 5.51. The molecule has 0 saturated carbocycles. The highest BCUT2D eigenvalue weighted by Crippen LogP contribution is 2.32. The number of nitrogens with zero attached hydrogens (tertiary/aromatic N) is 1. The van der Waals surface area contributed by atoms with Gasteiger partial charge in [0.1, 0.15) is 0 Å². The number of thiophene rings is 1. The van der Waals surface area contributed by atoms with Crippen molar-refractivity contribution >= 4 is 46.4 Å². The van der Waals surface area contributed by atoms with Gasteiger partial charge in [-0.3, -0.25) is 0 Å². The van der Waals surface area contributed by atoms with Gasteiger partial charge in [0, 0.05) is 28.3 Å². The molecule has 0 fully saturated rings. The van der Waals surface area contributed by atoms with E-state index in [0.717, 1.165) is 10.5 Å². The first kappa shape index (κ1) is 19.1. The van der Waals surface area contributed by atoms with E-state index in [2.05, 4.69) is 19.2 Å². The topological polar surface area (TPSA) is 52.6 Å². The number of amides is 2. The predicted octanol–water partition coefficient (Wildman–Crippen LogP) is 4.93. The van der Waals surface area contributed by atoms with Crippen LogP contribution in [0, 0.1) is 0 Å². The molecule has 7 heteroatoms. The lowest BCUT2D eigenvalue weighted by Gasteiger charge is -2.23. The minimum atomic E-state index is -0.247. The average Bonchev–Trinajstić information content (AvgIpc) is 3.02. The summed E-state index contributed by atoms with van der Waals surface area (Å²) in [5.41, 5.74) is 1.74. The van der Waals surface area contributed by atoms with Gasteiger partial charge in [0.25, 0.3) is 0 Å². The zero-order chi connectivity index (χ0) is 17.5. The van der Waals surface area contributed by atoms with Gasteiger partial charge in [-0.1, -0.05) is 25.4 Å². The van der Waals surface area contributed by atoms with Crippen molar-refractivity contribution in [2.75, 3.05) is 18.5 Å². The number of halogens is 1. The fourth-order valence-corrected chi connectivity index (χ4v) is 3.85. The molecule has 0 radical (unpaired) electrons. The summed E-state index contributed by atoms with van der Waals surface area (Å²) in [6.07, 6.45) is 0. The van der Waals surface area contributed by atoms with Gasteiger partial charge in [0.2, 0.25) is 0 Å². The average molecular weight is 385 g/mol. The van der Waals surface area contributed by atoms with Crippen LogP contribution < -0.4 is 5.32 Å². The normalized spacial score (nSPS) is 10.9. The van der Waals surface area contributed by atoms with Crippen LogP contribution >= 0.6 is 34.7 Å².